The van der Waals surface area contributed by atoms with Crippen molar-refractivity contribution in [2.24, 2.45) is 0 Å². The second-order valence-corrected chi connectivity index (χ2v) is 8.72. The minimum Gasteiger partial charge on any atom is -0.267 e. The van der Waals surface area contributed by atoms with Crippen LogP contribution in [0.3, 0.4) is 0 Å². The van der Waals surface area contributed by atoms with E-state index in [0.717, 1.165) is 33.5 Å². The molecule has 0 spiro atoms. The molecule has 0 fully saturated rings. The van der Waals surface area contributed by atoms with Gasteiger partial charge in [0.2, 0.25) is 0 Å². The van der Waals surface area contributed by atoms with Gasteiger partial charge in [-0.3, -0.25) is 4.79 Å². The molecule has 3 aromatic heterocycles. The Morgan fingerprint density at radius 3 is 2.47 bits per heavy atom. The van der Waals surface area contributed by atoms with Crippen LogP contribution in [0.1, 0.15) is 11.1 Å². The topological polar surface area (TPSA) is 52.2 Å². The zero-order valence-electron chi connectivity index (χ0n) is 17.3. The number of aryl methyl sites for hydroxylation is 1. The van der Waals surface area contributed by atoms with Crippen LogP contribution in [0, 0.1) is 6.92 Å². The van der Waals surface area contributed by atoms with Gasteiger partial charge in [0.05, 0.1) is 26.9 Å². The third-order valence-corrected chi connectivity index (χ3v) is 6.49. The van der Waals surface area contributed by atoms with Crippen LogP contribution in [-0.2, 0) is 0 Å². The monoisotopic (exact) mass is 434 g/mol. The smallest absolute Gasteiger partial charge is 0.267 e. The second kappa shape index (κ2) is 7.28. The van der Waals surface area contributed by atoms with Gasteiger partial charge in [-0.2, -0.15) is 5.10 Å². The molecule has 0 amide bonds. The number of hydrogen-bond donors (Lipinski definition) is 0. The Kier molecular flexibility index (Phi) is 4.26. The van der Waals surface area contributed by atoms with Crippen molar-refractivity contribution in [3.63, 3.8) is 0 Å². The van der Waals surface area contributed by atoms with E-state index < -0.39 is 0 Å². The number of benzene rings is 3. The summed E-state index contributed by atoms with van der Waals surface area (Å²) < 4.78 is 4.19. The summed E-state index contributed by atoms with van der Waals surface area (Å²) in [5.74, 6) is 0. The second-order valence-electron chi connectivity index (χ2n) is 7.71. The summed E-state index contributed by atoms with van der Waals surface area (Å²) >= 11 is 1.40. The summed E-state index contributed by atoms with van der Waals surface area (Å²) in [7, 11) is 0. The third-order valence-electron chi connectivity index (χ3n) is 5.52. The zero-order chi connectivity index (χ0) is 21.7. The number of aromatic nitrogens is 4. The molecular weight excluding hydrogens is 416 g/mol. The SMILES string of the molecule is Cc1ccc(-c2nn(-c3ccccc3)cc2/C=c2\sc3nc4ccccc4n3c2=O)cc1. The average Bonchev–Trinajstić information content (AvgIpc) is 3.48. The van der Waals surface area contributed by atoms with Crippen LogP contribution in [0.25, 0.3) is 39.0 Å². The number of thiazole rings is 1. The molecule has 154 valence electrons. The Morgan fingerprint density at radius 1 is 0.906 bits per heavy atom. The van der Waals surface area contributed by atoms with Crippen LogP contribution in [0.5, 0.6) is 0 Å². The first-order valence-electron chi connectivity index (χ1n) is 10.3. The summed E-state index contributed by atoms with van der Waals surface area (Å²) in [5, 5.41) is 4.86. The molecule has 0 unspecified atom stereocenters. The summed E-state index contributed by atoms with van der Waals surface area (Å²) in [6.07, 6.45) is 3.91. The van der Waals surface area contributed by atoms with Gasteiger partial charge in [0.15, 0.2) is 4.96 Å². The predicted molar refractivity (Wildman–Crippen MR) is 129 cm³/mol. The fourth-order valence-electron chi connectivity index (χ4n) is 3.89. The summed E-state index contributed by atoms with van der Waals surface area (Å²) in [5.41, 5.74) is 6.51. The molecule has 0 saturated carbocycles. The lowest BCUT2D eigenvalue weighted by atomic mass is 10.1. The molecular formula is C26H18N4OS. The maximum absolute atomic E-state index is 13.3. The molecule has 0 saturated heterocycles. The van der Waals surface area contributed by atoms with Crippen LogP contribution in [-0.4, -0.2) is 19.2 Å². The first kappa shape index (κ1) is 18.7. The van der Waals surface area contributed by atoms with E-state index in [0.29, 0.717) is 9.49 Å². The molecule has 0 N–H and O–H groups in total. The van der Waals surface area contributed by atoms with Crippen LogP contribution in [0.2, 0.25) is 0 Å². The van der Waals surface area contributed by atoms with E-state index in [-0.39, 0.29) is 5.56 Å². The Morgan fingerprint density at radius 2 is 1.66 bits per heavy atom. The maximum atomic E-state index is 13.3. The summed E-state index contributed by atoms with van der Waals surface area (Å²) in [6.45, 7) is 2.06. The molecule has 5 nitrogen and oxygen atoms in total. The fraction of sp³-hybridized carbons (Fsp3) is 0.0385. The van der Waals surface area contributed by atoms with Crippen molar-refractivity contribution in [1.82, 2.24) is 19.2 Å². The van der Waals surface area contributed by atoms with Crippen LogP contribution in [0.15, 0.2) is 89.9 Å². The lowest BCUT2D eigenvalue weighted by Gasteiger charge is -2.01. The van der Waals surface area contributed by atoms with Crippen molar-refractivity contribution in [2.75, 3.05) is 0 Å². The molecule has 0 aliphatic rings. The molecule has 6 aromatic rings. The first-order chi connectivity index (χ1) is 15.7. The van der Waals surface area contributed by atoms with E-state index in [1.54, 1.807) is 4.40 Å². The maximum Gasteiger partial charge on any atom is 0.274 e. The fourth-order valence-corrected chi connectivity index (χ4v) is 4.87. The van der Waals surface area contributed by atoms with Crippen molar-refractivity contribution in [1.29, 1.82) is 0 Å². The van der Waals surface area contributed by atoms with Crippen LogP contribution in [0.4, 0.5) is 0 Å². The lowest BCUT2D eigenvalue weighted by molar-refractivity contribution is 0.884. The molecule has 3 heterocycles. The standard InChI is InChI=1S/C26H18N4OS/c1-17-11-13-18(14-12-17)24-19(16-29(28-24)20-7-3-2-4-8-20)15-23-25(31)30-22-10-6-5-9-21(22)27-26(30)32-23/h2-16H,1H3/b23-15-. The zero-order valence-corrected chi connectivity index (χ0v) is 18.1. The van der Waals surface area contributed by atoms with E-state index >= 15 is 0 Å². The predicted octanol–water partition coefficient (Wildman–Crippen LogP) is 4.62. The first-order valence-corrected chi connectivity index (χ1v) is 11.1. The minimum atomic E-state index is -0.0546. The van der Waals surface area contributed by atoms with Crippen molar-refractivity contribution < 1.29 is 0 Å². The normalized spacial score (nSPS) is 12.2. The van der Waals surface area contributed by atoms with Gasteiger partial charge in [-0.1, -0.05) is 71.5 Å². The number of fused-ring (bicyclic) bond motifs is 3. The summed E-state index contributed by atoms with van der Waals surface area (Å²) in [6, 6.07) is 26.0. The molecule has 0 atom stereocenters. The van der Waals surface area contributed by atoms with Crippen molar-refractivity contribution >= 4 is 33.4 Å². The summed E-state index contributed by atoms with van der Waals surface area (Å²) in [4.78, 5) is 18.6. The molecule has 0 aliphatic heterocycles. The molecule has 0 radical (unpaired) electrons. The average molecular weight is 435 g/mol. The van der Waals surface area contributed by atoms with E-state index in [2.05, 4.69) is 36.2 Å². The van der Waals surface area contributed by atoms with E-state index in [1.165, 1.54) is 16.9 Å². The van der Waals surface area contributed by atoms with Gasteiger partial charge < -0.3 is 0 Å². The molecule has 0 aliphatic carbocycles. The quantitative estimate of drug-likeness (QED) is 0.408. The van der Waals surface area contributed by atoms with E-state index in [1.807, 2.05) is 71.6 Å². The van der Waals surface area contributed by atoms with Crippen molar-refractivity contribution in [3.05, 3.63) is 111 Å². The molecule has 32 heavy (non-hydrogen) atoms. The Bertz CT molecular complexity index is 1690. The van der Waals surface area contributed by atoms with Gasteiger partial charge >= 0.3 is 0 Å². The Labute approximate surface area is 187 Å². The molecule has 6 heteroatoms. The van der Waals surface area contributed by atoms with Crippen LogP contribution < -0.4 is 10.1 Å². The van der Waals surface area contributed by atoms with Gasteiger partial charge in [0, 0.05) is 17.3 Å². The van der Waals surface area contributed by atoms with Gasteiger partial charge in [0.25, 0.3) is 5.56 Å². The lowest BCUT2D eigenvalue weighted by Crippen LogP contribution is -2.22. The van der Waals surface area contributed by atoms with E-state index in [4.69, 9.17) is 5.10 Å². The highest BCUT2D eigenvalue weighted by atomic mass is 32.1. The molecule has 6 rings (SSSR count). The van der Waals surface area contributed by atoms with E-state index in [9.17, 15) is 4.79 Å². The number of hydrogen-bond acceptors (Lipinski definition) is 4. The van der Waals surface area contributed by atoms with Crippen molar-refractivity contribution in [3.8, 4) is 16.9 Å². The van der Waals surface area contributed by atoms with Gasteiger partial charge in [-0.15, -0.1) is 0 Å². The third kappa shape index (κ3) is 3.04. The highest BCUT2D eigenvalue weighted by molar-refractivity contribution is 7.15. The highest BCUT2D eigenvalue weighted by Crippen LogP contribution is 2.25. The molecule has 0 bridgehead atoms. The van der Waals surface area contributed by atoms with Gasteiger partial charge in [-0.25, -0.2) is 14.1 Å². The van der Waals surface area contributed by atoms with Gasteiger partial charge in [0.1, 0.15) is 0 Å². The number of para-hydroxylation sites is 3. The minimum absolute atomic E-state index is 0.0546. The molecule has 3 aromatic carbocycles. The number of nitrogens with zero attached hydrogens (tertiary/aromatic N) is 4. The highest BCUT2D eigenvalue weighted by Gasteiger charge is 2.14. The van der Waals surface area contributed by atoms with Crippen LogP contribution >= 0.6 is 11.3 Å². The van der Waals surface area contributed by atoms with Gasteiger partial charge in [-0.05, 0) is 37.3 Å². The number of imidazole rings is 1. The van der Waals surface area contributed by atoms with Crippen molar-refractivity contribution in [2.45, 2.75) is 6.92 Å². The Balaban J connectivity index is 1.58. The largest absolute Gasteiger partial charge is 0.274 e. The number of rotatable bonds is 3. The Hall–Kier alpha value is -4.03.